The topological polar surface area (TPSA) is 38.3 Å². The fraction of sp³-hybridized carbons (Fsp3) is 0.278. The van der Waals surface area contributed by atoms with E-state index in [9.17, 15) is 9.18 Å². The predicted octanol–water partition coefficient (Wildman–Crippen LogP) is 3.56. The summed E-state index contributed by atoms with van der Waals surface area (Å²) in [5.41, 5.74) is 2.55. The Morgan fingerprint density at radius 1 is 1.22 bits per heavy atom. The van der Waals surface area contributed by atoms with Crippen LogP contribution in [0.2, 0.25) is 0 Å². The van der Waals surface area contributed by atoms with Gasteiger partial charge in [0.1, 0.15) is 11.6 Å². The highest BCUT2D eigenvalue weighted by Crippen LogP contribution is 2.13. The summed E-state index contributed by atoms with van der Waals surface area (Å²) in [4.78, 5) is 11.6. The van der Waals surface area contributed by atoms with Crippen LogP contribution in [-0.4, -0.2) is 24.8 Å². The van der Waals surface area contributed by atoms with Crippen molar-refractivity contribution in [3.8, 4) is 5.75 Å². The maximum Gasteiger partial charge on any atom is 0.257 e. The van der Waals surface area contributed by atoms with Gasteiger partial charge in [-0.1, -0.05) is 29.8 Å². The van der Waals surface area contributed by atoms with Crippen LogP contribution in [0, 0.1) is 12.7 Å². The van der Waals surface area contributed by atoms with Crippen LogP contribution >= 0.6 is 11.8 Å². The van der Waals surface area contributed by atoms with Gasteiger partial charge in [0.15, 0.2) is 6.61 Å². The molecular weight excluding hydrogens is 313 g/mol. The SMILES string of the molecule is Cc1cccc(CSCCNC(=O)COc2ccc(F)cc2)c1. The van der Waals surface area contributed by atoms with Crippen LogP contribution in [0.5, 0.6) is 5.75 Å². The van der Waals surface area contributed by atoms with Crippen molar-refractivity contribution in [3.63, 3.8) is 0 Å². The van der Waals surface area contributed by atoms with E-state index in [0.29, 0.717) is 12.3 Å². The summed E-state index contributed by atoms with van der Waals surface area (Å²) in [6.07, 6.45) is 0. The Bertz CT molecular complexity index is 631. The number of rotatable bonds is 8. The van der Waals surface area contributed by atoms with Crippen molar-refractivity contribution in [1.29, 1.82) is 0 Å². The van der Waals surface area contributed by atoms with Crippen molar-refractivity contribution in [2.45, 2.75) is 12.7 Å². The normalized spacial score (nSPS) is 10.3. The second-order valence-corrected chi connectivity index (χ2v) is 6.24. The monoisotopic (exact) mass is 333 g/mol. The lowest BCUT2D eigenvalue weighted by molar-refractivity contribution is -0.122. The Hall–Kier alpha value is -2.01. The van der Waals surface area contributed by atoms with E-state index < -0.39 is 0 Å². The zero-order valence-electron chi connectivity index (χ0n) is 13.0. The van der Waals surface area contributed by atoms with Gasteiger partial charge in [0.05, 0.1) is 0 Å². The van der Waals surface area contributed by atoms with E-state index in [-0.39, 0.29) is 18.3 Å². The molecule has 1 N–H and O–H groups in total. The number of halogens is 1. The predicted molar refractivity (Wildman–Crippen MR) is 92.2 cm³/mol. The average Bonchev–Trinajstić information content (AvgIpc) is 2.54. The molecule has 0 heterocycles. The quantitative estimate of drug-likeness (QED) is 0.751. The summed E-state index contributed by atoms with van der Waals surface area (Å²) < 4.78 is 18.0. The third kappa shape index (κ3) is 6.74. The highest BCUT2D eigenvalue weighted by atomic mass is 32.2. The van der Waals surface area contributed by atoms with E-state index in [4.69, 9.17) is 4.74 Å². The van der Waals surface area contributed by atoms with Gasteiger partial charge in [-0.3, -0.25) is 4.79 Å². The van der Waals surface area contributed by atoms with Crippen LogP contribution in [-0.2, 0) is 10.5 Å². The Kier molecular flexibility index (Phi) is 6.94. The van der Waals surface area contributed by atoms with Crippen molar-refractivity contribution < 1.29 is 13.9 Å². The zero-order chi connectivity index (χ0) is 16.5. The summed E-state index contributed by atoms with van der Waals surface area (Å²) >= 11 is 1.78. The first kappa shape index (κ1) is 17.3. The fourth-order valence-electron chi connectivity index (χ4n) is 1.99. The molecule has 0 spiro atoms. The second kappa shape index (κ2) is 9.20. The van der Waals surface area contributed by atoms with Gasteiger partial charge in [0.25, 0.3) is 5.91 Å². The van der Waals surface area contributed by atoms with Crippen LogP contribution in [0.3, 0.4) is 0 Å². The molecule has 5 heteroatoms. The molecule has 122 valence electrons. The summed E-state index contributed by atoms with van der Waals surface area (Å²) in [5, 5.41) is 2.80. The second-order valence-electron chi connectivity index (χ2n) is 5.13. The van der Waals surface area contributed by atoms with E-state index in [1.54, 1.807) is 11.8 Å². The highest BCUT2D eigenvalue weighted by Gasteiger charge is 2.02. The van der Waals surface area contributed by atoms with Gasteiger partial charge in [0.2, 0.25) is 0 Å². The lowest BCUT2D eigenvalue weighted by atomic mass is 10.2. The molecule has 2 aromatic rings. The first-order valence-electron chi connectivity index (χ1n) is 7.42. The number of thioether (sulfide) groups is 1. The molecule has 0 saturated carbocycles. The first-order valence-corrected chi connectivity index (χ1v) is 8.57. The van der Waals surface area contributed by atoms with E-state index in [0.717, 1.165) is 11.5 Å². The number of nitrogens with one attached hydrogen (secondary N) is 1. The van der Waals surface area contributed by atoms with Gasteiger partial charge >= 0.3 is 0 Å². The number of aryl methyl sites for hydroxylation is 1. The van der Waals surface area contributed by atoms with Gasteiger partial charge in [-0.05, 0) is 36.8 Å². The van der Waals surface area contributed by atoms with Gasteiger partial charge in [-0.15, -0.1) is 0 Å². The van der Waals surface area contributed by atoms with Crippen molar-refractivity contribution in [2.24, 2.45) is 0 Å². The molecule has 0 aliphatic carbocycles. The van der Waals surface area contributed by atoms with Crippen molar-refractivity contribution >= 4 is 17.7 Å². The molecule has 0 unspecified atom stereocenters. The van der Waals surface area contributed by atoms with Crippen LogP contribution < -0.4 is 10.1 Å². The number of ether oxygens (including phenoxy) is 1. The fourth-order valence-corrected chi connectivity index (χ4v) is 2.79. The van der Waals surface area contributed by atoms with Crippen molar-refractivity contribution in [3.05, 3.63) is 65.5 Å². The number of hydrogen-bond acceptors (Lipinski definition) is 3. The molecule has 0 atom stereocenters. The molecule has 3 nitrogen and oxygen atoms in total. The smallest absolute Gasteiger partial charge is 0.257 e. The van der Waals surface area contributed by atoms with E-state index >= 15 is 0 Å². The largest absolute Gasteiger partial charge is 0.484 e. The third-order valence-corrected chi connectivity index (χ3v) is 4.13. The lowest BCUT2D eigenvalue weighted by Gasteiger charge is -2.07. The van der Waals surface area contributed by atoms with E-state index in [1.807, 2.05) is 0 Å². The number of amides is 1. The maximum atomic E-state index is 12.7. The molecule has 0 saturated heterocycles. The minimum Gasteiger partial charge on any atom is -0.484 e. The van der Waals surface area contributed by atoms with Gasteiger partial charge in [0, 0.05) is 18.1 Å². The van der Waals surface area contributed by atoms with Crippen LogP contribution in [0.15, 0.2) is 48.5 Å². The van der Waals surface area contributed by atoms with E-state index in [1.165, 1.54) is 35.4 Å². The number of carbonyl (C=O) groups is 1. The molecule has 0 aliphatic heterocycles. The first-order chi connectivity index (χ1) is 11.1. The molecule has 2 rings (SSSR count). The molecule has 0 radical (unpaired) electrons. The maximum absolute atomic E-state index is 12.7. The molecule has 0 bridgehead atoms. The average molecular weight is 333 g/mol. The summed E-state index contributed by atoms with van der Waals surface area (Å²) in [6, 6.07) is 14.0. The Morgan fingerprint density at radius 2 is 2.00 bits per heavy atom. The standard InChI is InChI=1S/C18H20FNO2S/c1-14-3-2-4-15(11-14)13-23-10-9-20-18(21)12-22-17-7-5-16(19)6-8-17/h2-8,11H,9-10,12-13H2,1H3,(H,20,21). The summed E-state index contributed by atoms with van der Waals surface area (Å²) in [5.74, 6) is 1.76. The van der Waals surface area contributed by atoms with Crippen molar-refractivity contribution in [2.75, 3.05) is 18.9 Å². The van der Waals surface area contributed by atoms with Crippen LogP contribution in [0.4, 0.5) is 4.39 Å². The summed E-state index contributed by atoms with van der Waals surface area (Å²) in [7, 11) is 0. The van der Waals surface area contributed by atoms with Gasteiger partial charge in [-0.25, -0.2) is 4.39 Å². The molecule has 23 heavy (non-hydrogen) atoms. The Morgan fingerprint density at radius 3 is 2.74 bits per heavy atom. The Labute approximate surface area is 140 Å². The molecule has 1 amide bonds. The van der Waals surface area contributed by atoms with Crippen LogP contribution in [0.1, 0.15) is 11.1 Å². The third-order valence-electron chi connectivity index (χ3n) is 3.10. The Balaban J connectivity index is 1.57. The molecule has 2 aromatic carbocycles. The number of carbonyl (C=O) groups excluding carboxylic acids is 1. The molecule has 0 aromatic heterocycles. The summed E-state index contributed by atoms with van der Waals surface area (Å²) in [6.45, 7) is 2.62. The number of hydrogen-bond donors (Lipinski definition) is 1. The highest BCUT2D eigenvalue weighted by molar-refractivity contribution is 7.98. The lowest BCUT2D eigenvalue weighted by Crippen LogP contribution is -2.30. The van der Waals surface area contributed by atoms with E-state index in [2.05, 4.69) is 36.5 Å². The molecular formula is C18H20FNO2S. The minimum atomic E-state index is -0.326. The number of benzene rings is 2. The molecule has 0 aliphatic rings. The zero-order valence-corrected chi connectivity index (χ0v) is 13.9. The minimum absolute atomic E-state index is 0.0613. The van der Waals surface area contributed by atoms with Crippen molar-refractivity contribution in [1.82, 2.24) is 5.32 Å². The van der Waals surface area contributed by atoms with Crippen LogP contribution in [0.25, 0.3) is 0 Å². The van der Waals surface area contributed by atoms with Gasteiger partial charge < -0.3 is 10.1 Å². The van der Waals surface area contributed by atoms with Gasteiger partial charge in [-0.2, -0.15) is 11.8 Å². The molecule has 0 fully saturated rings.